The van der Waals surface area contributed by atoms with Crippen molar-refractivity contribution < 1.29 is 14.0 Å². The number of hydrogen-bond acceptors (Lipinski definition) is 3. The van der Waals surface area contributed by atoms with Crippen LogP contribution in [0.25, 0.3) is 0 Å². The highest BCUT2D eigenvalue weighted by Gasteiger charge is 2.51. The lowest BCUT2D eigenvalue weighted by Crippen LogP contribution is -2.40. The first-order chi connectivity index (χ1) is 7.72. The third-order valence-corrected chi connectivity index (χ3v) is 3.63. The maximum Gasteiger partial charge on any atom is 0.128 e. The molecule has 0 bridgehead atoms. The Kier molecular flexibility index (Phi) is 3.21. The molecule has 2 aliphatic heterocycles. The Morgan fingerprint density at radius 1 is 1.35 bits per heavy atom. The zero-order chi connectivity index (χ0) is 11.2. The summed E-state index contributed by atoms with van der Waals surface area (Å²) in [5.41, 5.74) is 3.12. The van der Waals surface area contributed by atoms with Crippen LogP contribution in [0, 0.1) is 11.7 Å². The van der Waals surface area contributed by atoms with E-state index < -0.39 is 5.54 Å². The first-order valence-corrected chi connectivity index (χ1v) is 5.47. The van der Waals surface area contributed by atoms with E-state index in [0.29, 0.717) is 18.8 Å². The Morgan fingerprint density at radius 3 is 2.88 bits per heavy atom. The molecule has 0 aliphatic carbocycles. The smallest absolute Gasteiger partial charge is 0.128 e. The van der Waals surface area contributed by atoms with Crippen LogP contribution in [0.2, 0.25) is 0 Å². The number of benzene rings is 1. The summed E-state index contributed by atoms with van der Waals surface area (Å²) < 4.78 is 19.2. The first-order valence-electron chi connectivity index (χ1n) is 5.47. The second kappa shape index (κ2) is 4.37. The van der Waals surface area contributed by atoms with E-state index in [9.17, 15) is 4.39 Å². The fourth-order valence-electron chi connectivity index (χ4n) is 2.60. The summed E-state index contributed by atoms with van der Waals surface area (Å²) in [5, 5.41) is 0. The predicted molar refractivity (Wildman–Crippen MR) is 62.8 cm³/mol. The molecule has 0 amide bonds. The van der Waals surface area contributed by atoms with Crippen molar-refractivity contribution in [2.45, 2.75) is 26.0 Å². The van der Waals surface area contributed by atoms with Crippen molar-refractivity contribution in [2.24, 2.45) is 5.92 Å². The molecule has 1 N–H and O–H groups in total. The summed E-state index contributed by atoms with van der Waals surface area (Å²) in [5.74, 6) is -0.0296. The maximum atomic E-state index is 13.8. The number of ether oxygens (including phenoxy) is 1. The summed E-state index contributed by atoms with van der Waals surface area (Å²) >= 11 is 0. The van der Waals surface area contributed by atoms with Crippen LogP contribution >= 0.6 is 0 Å². The quantitative estimate of drug-likeness (QED) is 0.815. The van der Waals surface area contributed by atoms with Crippen molar-refractivity contribution in [3.63, 3.8) is 0 Å². The van der Waals surface area contributed by atoms with E-state index in [1.165, 1.54) is 6.07 Å². The number of nitrogens with one attached hydrogen (secondary N) is 1. The van der Waals surface area contributed by atoms with Crippen LogP contribution in [0.4, 0.5) is 4.39 Å². The highest BCUT2D eigenvalue weighted by atomic mass is 19.1. The molecule has 0 saturated carbocycles. The largest absolute Gasteiger partial charge is 0.378 e. The van der Waals surface area contributed by atoms with E-state index in [-0.39, 0.29) is 25.3 Å². The highest BCUT2D eigenvalue weighted by Crippen LogP contribution is 2.41. The van der Waals surface area contributed by atoms with Gasteiger partial charge < -0.3 is 4.74 Å². The normalized spacial score (nSPS) is 35.4. The zero-order valence-corrected chi connectivity index (χ0v) is 9.07. The van der Waals surface area contributed by atoms with Crippen molar-refractivity contribution in [2.75, 3.05) is 13.2 Å². The second-order valence-electron chi connectivity index (χ2n) is 4.58. The average molecular weight is 239 g/mol. The molecule has 3 nitrogen and oxygen atoms in total. The number of fused-ring (bicyclic) bond motifs is 1. The van der Waals surface area contributed by atoms with Gasteiger partial charge in [0.2, 0.25) is 0 Å². The van der Waals surface area contributed by atoms with Crippen LogP contribution in [0.3, 0.4) is 0 Å². The molecule has 4 heteroatoms. The van der Waals surface area contributed by atoms with Gasteiger partial charge in [-0.2, -0.15) is 5.48 Å². The molecule has 1 aromatic rings. The zero-order valence-electron chi connectivity index (χ0n) is 9.07. The fourth-order valence-corrected chi connectivity index (χ4v) is 2.60. The van der Waals surface area contributed by atoms with Crippen molar-refractivity contribution >= 4 is 0 Å². The van der Waals surface area contributed by atoms with Gasteiger partial charge >= 0.3 is 0 Å². The van der Waals surface area contributed by atoms with Crippen molar-refractivity contribution in [3.05, 3.63) is 35.6 Å². The molecule has 2 heterocycles. The molecular weight excluding hydrogens is 221 g/mol. The summed E-state index contributed by atoms with van der Waals surface area (Å²) in [6, 6.07) is 6.81. The van der Waals surface area contributed by atoms with Crippen LogP contribution in [-0.4, -0.2) is 19.3 Å². The number of hydroxylamine groups is 1. The SMILES string of the molecule is C.C[C@]1(c2ccccc2F)NO[C@@H]2COC[C@@H]21. The van der Waals surface area contributed by atoms with Crippen LogP contribution in [0.1, 0.15) is 19.9 Å². The Labute approximate surface area is 101 Å². The van der Waals surface area contributed by atoms with Crippen molar-refractivity contribution in [1.29, 1.82) is 0 Å². The third-order valence-electron chi connectivity index (χ3n) is 3.63. The number of rotatable bonds is 1. The fraction of sp³-hybridized carbons (Fsp3) is 0.538. The number of hydrogen-bond donors (Lipinski definition) is 1. The molecule has 0 aromatic heterocycles. The van der Waals surface area contributed by atoms with Gasteiger partial charge in [0.25, 0.3) is 0 Å². The van der Waals surface area contributed by atoms with E-state index in [2.05, 4.69) is 5.48 Å². The standard InChI is InChI=1S/C12H14FNO2.CH4/c1-12(8-4-2-3-5-10(8)13)9-6-15-7-11(9)16-14-12;/h2-5,9,11,14H,6-7H2,1H3;1H4/t9-,11+,12+;/m0./s1. The summed E-state index contributed by atoms with van der Waals surface area (Å²) in [6.45, 7) is 3.16. The highest BCUT2D eigenvalue weighted by molar-refractivity contribution is 5.28. The van der Waals surface area contributed by atoms with E-state index in [1.807, 2.05) is 13.0 Å². The van der Waals surface area contributed by atoms with Gasteiger partial charge in [0.1, 0.15) is 11.9 Å². The van der Waals surface area contributed by atoms with Crippen molar-refractivity contribution in [1.82, 2.24) is 5.48 Å². The van der Waals surface area contributed by atoms with Gasteiger partial charge in [-0.05, 0) is 13.0 Å². The minimum atomic E-state index is -0.494. The van der Waals surface area contributed by atoms with Gasteiger partial charge in [-0.25, -0.2) is 4.39 Å². The Balaban J connectivity index is 0.00000108. The Morgan fingerprint density at radius 2 is 2.12 bits per heavy atom. The van der Waals surface area contributed by atoms with E-state index in [1.54, 1.807) is 12.1 Å². The molecule has 2 saturated heterocycles. The van der Waals surface area contributed by atoms with Crippen molar-refractivity contribution in [3.8, 4) is 0 Å². The maximum absolute atomic E-state index is 13.8. The lowest BCUT2D eigenvalue weighted by atomic mass is 9.79. The van der Waals surface area contributed by atoms with Crippen LogP contribution in [0.15, 0.2) is 24.3 Å². The minimum absolute atomic E-state index is 0. The van der Waals surface area contributed by atoms with Gasteiger partial charge in [0.05, 0.1) is 18.8 Å². The molecule has 3 atom stereocenters. The summed E-state index contributed by atoms with van der Waals surface area (Å²) in [4.78, 5) is 5.46. The summed E-state index contributed by atoms with van der Waals surface area (Å²) in [7, 11) is 0. The molecule has 2 fully saturated rings. The van der Waals surface area contributed by atoms with Gasteiger partial charge in [-0.3, -0.25) is 4.84 Å². The lowest BCUT2D eigenvalue weighted by Gasteiger charge is -2.28. The summed E-state index contributed by atoms with van der Waals surface area (Å²) in [6.07, 6.45) is 0.0320. The molecule has 2 aliphatic rings. The Bertz CT molecular complexity index is 412. The number of halogens is 1. The van der Waals surface area contributed by atoms with E-state index in [0.717, 1.165) is 0 Å². The van der Waals surface area contributed by atoms with Gasteiger partial charge in [-0.15, -0.1) is 0 Å². The van der Waals surface area contributed by atoms with Gasteiger partial charge in [0.15, 0.2) is 0 Å². The van der Waals surface area contributed by atoms with Gasteiger partial charge in [-0.1, -0.05) is 25.6 Å². The van der Waals surface area contributed by atoms with E-state index >= 15 is 0 Å². The molecule has 0 spiro atoms. The first kappa shape index (κ1) is 12.5. The molecule has 1 aromatic carbocycles. The second-order valence-corrected chi connectivity index (χ2v) is 4.58. The molecule has 0 unspecified atom stereocenters. The molecule has 3 rings (SSSR count). The van der Waals surface area contributed by atoms with Crippen LogP contribution < -0.4 is 5.48 Å². The molecule has 94 valence electrons. The van der Waals surface area contributed by atoms with Crippen LogP contribution in [0.5, 0.6) is 0 Å². The molecule has 17 heavy (non-hydrogen) atoms. The average Bonchev–Trinajstić information content (AvgIpc) is 2.84. The third kappa shape index (κ3) is 1.76. The van der Waals surface area contributed by atoms with Gasteiger partial charge in [0, 0.05) is 11.5 Å². The topological polar surface area (TPSA) is 30.5 Å². The lowest BCUT2D eigenvalue weighted by molar-refractivity contribution is -0.0126. The Hall–Kier alpha value is -0.970. The molecule has 0 radical (unpaired) electrons. The minimum Gasteiger partial charge on any atom is -0.378 e. The van der Waals surface area contributed by atoms with Crippen LogP contribution in [-0.2, 0) is 15.1 Å². The monoisotopic (exact) mass is 239 g/mol. The molecular formula is C13H18FNO2. The predicted octanol–water partition coefficient (Wildman–Crippen LogP) is 2.23. The van der Waals surface area contributed by atoms with E-state index in [4.69, 9.17) is 9.57 Å².